The molecule has 3 N–H and O–H groups in total. The van der Waals surface area contributed by atoms with Gasteiger partial charge in [0.25, 0.3) is 5.60 Å². The third-order valence-electron chi connectivity index (χ3n) is 4.59. The van der Waals surface area contributed by atoms with E-state index in [1.54, 1.807) is 12.2 Å². The molecule has 0 amide bonds. The quantitative estimate of drug-likeness (QED) is 0.569. The first-order valence-electron chi connectivity index (χ1n) is 7.66. The molecule has 0 aromatic rings. The van der Waals surface area contributed by atoms with E-state index in [1.807, 2.05) is 6.92 Å². The molecule has 2 atom stereocenters. The first-order valence-corrected chi connectivity index (χ1v) is 7.66. The topological polar surface area (TPSA) is 46.2 Å². The van der Waals surface area contributed by atoms with Crippen molar-refractivity contribution in [3.8, 4) is 0 Å². The minimum atomic E-state index is -5.76. The molecule has 1 aliphatic rings. The van der Waals surface area contributed by atoms with Crippen molar-refractivity contribution in [3.05, 3.63) is 12.2 Å². The number of alkyl halides is 6. The third kappa shape index (κ3) is 4.62. The summed E-state index contributed by atoms with van der Waals surface area (Å²) in [5.41, 5.74) is 0.350. The fourth-order valence-electron chi connectivity index (χ4n) is 3.08. The first-order chi connectivity index (χ1) is 10.4. The first kappa shape index (κ1) is 20.3. The van der Waals surface area contributed by atoms with Crippen LogP contribution in [0.1, 0.15) is 51.9 Å². The second kappa shape index (κ2) is 7.01. The average molecular weight is 347 g/mol. The molecule has 0 spiro atoms. The van der Waals surface area contributed by atoms with Gasteiger partial charge in [-0.25, -0.2) is 0 Å². The Bertz CT molecular complexity index is 403. The molecule has 0 aromatic heterocycles. The summed E-state index contributed by atoms with van der Waals surface area (Å²) in [7, 11) is 0. The molecule has 1 aliphatic carbocycles. The van der Waals surface area contributed by atoms with Crippen molar-refractivity contribution in [2.45, 2.75) is 75.9 Å². The molecule has 0 saturated heterocycles. The van der Waals surface area contributed by atoms with E-state index in [0.29, 0.717) is 32.1 Å². The molecule has 8 heteroatoms. The van der Waals surface area contributed by atoms with Crippen molar-refractivity contribution < 1.29 is 31.4 Å². The Morgan fingerprint density at radius 3 is 2.17 bits per heavy atom. The second-order valence-corrected chi connectivity index (χ2v) is 6.40. The normalized spacial score (nSPS) is 27.1. The van der Waals surface area contributed by atoms with Crippen LogP contribution in [0.5, 0.6) is 0 Å². The lowest BCUT2D eigenvalue weighted by Crippen LogP contribution is -2.57. The third-order valence-corrected chi connectivity index (χ3v) is 4.59. The Balaban J connectivity index is 3.01. The lowest BCUT2D eigenvalue weighted by molar-refractivity contribution is -0.371. The van der Waals surface area contributed by atoms with Gasteiger partial charge in [0, 0.05) is 6.04 Å². The fraction of sp³-hybridized carbons (Fsp3) is 0.867. The van der Waals surface area contributed by atoms with E-state index < -0.39 is 29.8 Å². The van der Waals surface area contributed by atoms with E-state index >= 15 is 0 Å². The number of allylic oxidation sites excluding steroid dienone is 1. The standard InChI is InChI=1S/C15H23F6NO/c1-2-6-12(7-3-4-11(22)5-8-12)9-10-13(23,14(16,17)18)15(19,20)21/h3,7,11,23H,2,4-6,8-10,22H2,1H3. The number of hydrogen-bond donors (Lipinski definition) is 2. The van der Waals surface area contributed by atoms with Crippen molar-refractivity contribution in [1.82, 2.24) is 0 Å². The van der Waals surface area contributed by atoms with Gasteiger partial charge in [0.2, 0.25) is 0 Å². The van der Waals surface area contributed by atoms with Crippen LogP contribution in [-0.4, -0.2) is 29.1 Å². The summed E-state index contributed by atoms with van der Waals surface area (Å²) in [6.07, 6.45) is -7.31. The van der Waals surface area contributed by atoms with Gasteiger partial charge >= 0.3 is 12.4 Å². The van der Waals surface area contributed by atoms with E-state index in [-0.39, 0.29) is 12.5 Å². The Kier molecular flexibility index (Phi) is 6.18. The Hall–Kier alpha value is -0.760. The smallest absolute Gasteiger partial charge is 0.374 e. The maximum atomic E-state index is 12.8. The number of aliphatic hydroxyl groups is 1. The Morgan fingerprint density at radius 2 is 1.70 bits per heavy atom. The maximum absolute atomic E-state index is 12.8. The lowest BCUT2D eigenvalue weighted by Gasteiger charge is -2.37. The van der Waals surface area contributed by atoms with Gasteiger partial charge in [-0.2, -0.15) is 26.3 Å². The minimum absolute atomic E-state index is 0.144. The molecule has 1 rings (SSSR count). The predicted octanol–water partition coefficient (Wildman–Crippen LogP) is 4.48. The van der Waals surface area contributed by atoms with Crippen LogP contribution in [0.3, 0.4) is 0 Å². The van der Waals surface area contributed by atoms with Crippen LogP contribution in [0, 0.1) is 5.41 Å². The molecule has 0 aromatic carbocycles. The van der Waals surface area contributed by atoms with Crippen LogP contribution in [-0.2, 0) is 0 Å². The van der Waals surface area contributed by atoms with Gasteiger partial charge in [-0.05, 0) is 43.9 Å². The summed E-state index contributed by atoms with van der Waals surface area (Å²) >= 11 is 0. The summed E-state index contributed by atoms with van der Waals surface area (Å²) in [6, 6.07) is -0.144. The highest BCUT2D eigenvalue weighted by Crippen LogP contribution is 2.49. The van der Waals surface area contributed by atoms with Crippen LogP contribution in [0.4, 0.5) is 26.3 Å². The van der Waals surface area contributed by atoms with Gasteiger partial charge < -0.3 is 10.8 Å². The SMILES string of the molecule is CCCC1(CCC(O)(C(F)(F)F)C(F)(F)F)C=CCC(N)CC1. The zero-order valence-electron chi connectivity index (χ0n) is 13.0. The van der Waals surface area contributed by atoms with Crippen LogP contribution in [0.2, 0.25) is 0 Å². The molecule has 2 nitrogen and oxygen atoms in total. The largest absolute Gasteiger partial charge is 0.426 e. The van der Waals surface area contributed by atoms with Crippen molar-refractivity contribution in [2.75, 3.05) is 0 Å². The average Bonchev–Trinajstić information content (AvgIpc) is 2.57. The van der Waals surface area contributed by atoms with E-state index in [1.165, 1.54) is 0 Å². The Morgan fingerprint density at radius 1 is 1.13 bits per heavy atom. The Labute approximate surface area is 131 Å². The predicted molar refractivity (Wildman–Crippen MR) is 74.6 cm³/mol. The molecule has 0 heterocycles. The molecule has 23 heavy (non-hydrogen) atoms. The zero-order valence-corrected chi connectivity index (χ0v) is 13.0. The summed E-state index contributed by atoms with van der Waals surface area (Å²) in [4.78, 5) is 0. The van der Waals surface area contributed by atoms with Gasteiger partial charge in [-0.15, -0.1) is 0 Å². The van der Waals surface area contributed by atoms with Crippen LogP contribution in [0.25, 0.3) is 0 Å². The molecule has 0 radical (unpaired) electrons. The van der Waals surface area contributed by atoms with E-state index in [9.17, 15) is 31.4 Å². The van der Waals surface area contributed by atoms with Crippen molar-refractivity contribution in [1.29, 1.82) is 0 Å². The maximum Gasteiger partial charge on any atom is 0.426 e. The van der Waals surface area contributed by atoms with Crippen molar-refractivity contribution >= 4 is 0 Å². The molecular formula is C15H23F6NO. The van der Waals surface area contributed by atoms with E-state index in [0.717, 1.165) is 0 Å². The molecule has 2 unspecified atom stereocenters. The lowest BCUT2D eigenvalue weighted by atomic mass is 9.73. The van der Waals surface area contributed by atoms with Crippen LogP contribution >= 0.6 is 0 Å². The zero-order chi connectivity index (χ0) is 17.9. The monoisotopic (exact) mass is 347 g/mol. The van der Waals surface area contributed by atoms with Crippen molar-refractivity contribution in [3.63, 3.8) is 0 Å². The summed E-state index contributed by atoms with van der Waals surface area (Å²) in [5.74, 6) is 0. The van der Waals surface area contributed by atoms with Gasteiger partial charge in [-0.3, -0.25) is 0 Å². The molecular weight excluding hydrogens is 324 g/mol. The summed E-state index contributed by atoms with van der Waals surface area (Å²) in [6.45, 7) is 1.82. The minimum Gasteiger partial charge on any atom is -0.374 e. The highest BCUT2D eigenvalue weighted by atomic mass is 19.4. The molecule has 0 fully saturated rings. The highest BCUT2D eigenvalue weighted by molar-refractivity contribution is 5.06. The van der Waals surface area contributed by atoms with Crippen LogP contribution < -0.4 is 5.73 Å². The van der Waals surface area contributed by atoms with Crippen molar-refractivity contribution in [2.24, 2.45) is 11.1 Å². The number of hydrogen-bond acceptors (Lipinski definition) is 2. The van der Waals surface area contributed by atoms with Gasteiger partial charge in [0.05, 0.1) is 0 Å². The summed E-state index contributed by atoms with van der Waals surface area (Å²) in [5, 5.41) is 9.32. The number of rotatable bonds is 5. The fourth-order valence-corrected chi connectivity index (χ4v) is 3.08. The van der Waals surface area contributed by atoms with Gasteiger partial charge in [0.15, 0.2) is 0 Å². The molecule has 0 saturated carbocycles. The van der Waals surface area contributed by atoms with Crippen LogP contribution in [0.15, 0.2) is 12.2 Å². The van der Waals surface area contributed by atoms with Gasteiger partial charge in [-0.1, -0.05) is 25.5 Å². The molecule has 0 aliphatic heterocycles. The highest BCUT2D eigenvalue weighted by Gasteiger charge is 2.70. The molecule has 136 valence electrons. The van der Waals surface area contributed by atoms with Gasteiger partial charge in [0.1, 0.15) is 0 Å². The number of nitrogens with two attached hydrogens (primary N) is 1. The van der Waals surface area contributed by atoms with E-state index in [2.05, 4.69) is 0 Å². The number of halogens is 6. The van der Waals surface area contributed by atoms with E-state index in [4.69, 9.17) is 5.73 Å². The molecule has 0 bridgehead atoms. The second-order valence-electron chi connectivity index (χ2n) is 6.40. The summed E-state index contributed by atoms with van der Waals surface area (Å²) < 4.78 is 76.8.